The maximum atomic E-state index is 12.1. The van der Waals surface area contributed by atoms with E-state index in [4.69, 9.17) is 20.8 Å². The van der Waals surface area contributed by atoms with E-state index in [1.54, 1.807) is 17.0 Å². The van der Waals surface area contributed by atoms with Crippen molar-refractivity contribution in [1.29, 1.82) is 0 Å². The average molecular weight is 307 g/mol. The van der Waals surface area contributed by atoms with Gasteiger partial charge in [-0.3, -0.25) is 4.79 Å². The maximum absolute atomic E-state index is 12.1. The van der Waals surface area contributed by atoms with Crippen molar-refractivity contribution in [2.75, 3.05) is 13.1 Å². The Morgan fingerprint density at radius 3 is 2.62 bits per heavy atom. The molecule has 0 unspecified atom stereocenters. The minimum atomic E-state index is -0.0892. The fourth-order valence-electron chi connectivity index (χ4n) is 2.36. The van der Waals surface area contributed by atoms with Gasteiger partial charge < -0.3 is 14.1 Å². The number of benzene rings is 1. The molecule has 6 heteroatoms. The van der Waals surface area contributed by atoms with Crippen molar-refractivity contribution in [1.82, 2.24) is 9.88 Å². The van der Waals surface area contributed by atoms with Gasteiger partial charge in [0.25, 0.3) is 5.91 Å². The zero-order valence-electron chi connectivity index (χ0n) is 11.4. The van der Waals surface area contributed by atoms with E-state index in [1.165, 1.54) is 12.7 Å². The molecule has 2 aromatic rings. The molecule has 1 amide bonds. The largest absolute Gasteiger partial charge is 0.490 e. The first-order valence-corrected chi connectivity index (χ1v) is 7.20. The van der Waals surface area contributed by atoms with E-state index >= 15 is 0 Å². The van der Waals surface area contributed by atoms with Crippen LogP contribution >= 0.6 is 11.6 Å². The van der Waals surface area contributed by atoms with Gasteiger partial charge in [-0.25, -0.2) is 4.98 Å². The summed E-state index contributed by atoms with van der Waals surface area (Å²) < 4.78 is 10.7. The Hall–Kier alpha value is -2.01. The van der Waals surface area contributed by atoms with Crippen LogP contribution in [0.15, 0.2) is 41.3 Å². The van der Waals surface area contributed by atoms with Crippen LogP contribution in [0.2, 0.25) is 5.02 Å². The molecule has 0 spiro atoms. The van der Waals surface area contributed by atoms with Crippen LogP contribution in [0.5, 0.6) is 5.75 Å². The molecule has 5 nitrogen and oxygen atoms in total. The van der Waals surface area contributed by atoms with E-state index in [9.17, 15) is 4.79 Å². The molecule has 1 aliphatic rings. The quantitative estimate of drug-likeness (QED) is 0.874. The second-order valence-electron chi connectivity index (χ2n) is 4.94. The summed E-state index contributed by atoms with van der Waals surface area (Å²) in [6, 6.07) is 7.32. The Morgan fingerprint density at radius 2 is 2.00 bits per heavy atom. The Morgan fingerprint density at radius 1 is 1.29 bits per heavy atom. The number of nitrogens with zero attached hydrogens (tertiary/aromatic N) is 2. The first-order valence-electron chi connectivity index (χ1n) is 6.82. The molecule has 2 heterocycles. The van der Waals surface area contributed by atoms with Crippen LogP contribution in [0.4, 0.5) is 0 Å². The lowest BCUT2D eigenvalue weighted by Crippen LogP contribution is -2.41. The van der Waals surface area contributed by atoms with Gasteiger partial charge >= 0.3 is 0 Å². The van der Waals surface area contributed by atoms with Gasteiger partial charge in [0.15, 0.2) is 12.1 Å². The molecule has 0 radical (unpaired) electrons. The molecule has 0 bridgehead atoms. The van der Waals surface area contributed by atoms with Gasteiger partial charge in [-0.05, 0) is 24.3 Å². The van der Waals surface area contributed by atoms with E-state index in [0.717, 1.165) is 18.6 Å². The van der Waals surface area contributed by atoms with Crippen molar-refractivity contribution in [2.24, 2.45) is 0 Å². The highest BCUT2D eigenvalue weighted by Gasteiger charge is 2.25. The summed E-state index contributed by atoms with van der Waals surface area (Å²) in [6.45, 7) is 1.31. The highest BCUT2D eigenvalue weighted by Crippen LogP contribution is 2.21. The molecule has 1 aromatic carbocycles. The molecule has 1 aliphatic heterocycles. The Balaban J connectivity index is 1.53. The fraction of sp³-hybridized carbons (Fsp3) is 0.333. The molecule has 21 heavy (non-hydrogen) atoms. The second kappa shape index (κ2) is 6.18. The number of amides is 1. The number of carbonyl (C=O) groups is 1. The van der Waals surface area contributed by atoms with Crippen molar-refractivity contribution in [3.8, 4) is 5.75 Å². The molecule has 1 aromatic heterocycles. The van der Waals surface area contributed by atoms with Crippen molar-refractivity contribution < 1.29 is 13.9 Å². The van der Waals surface area contributed by atoms with Gasteiger partial charge in [0.1, 0.15) is 18.1 Å². The van der Waals surface area contributed by atoms with Crippen LogP contribution in [0.3, 0.4) is 0 Å². The van der Waals surface area contributed by atoms with Crippen LogP contribution in [0.25, 0.3) is 0 Å². The van der Waals surface area contributed by atoms with E-state index in [2.05, 4.69) is 4.98 Å². The smallest absolute Gasteiger partial charge is 0.275 e. The summed E-state index contributed by atoms with van der Waals surface area (Å²) in [5.41, 5.74) is 0.354. The first-order chi connectivity index (χ1) is 10.2. The Kier molecular flexibility index (Phi) is 4.10. The molecular formula is C15H15ClN2O3. The minimum Gasteiger partial charge on any atom is -0.490 e. The van der Waals surface area contributed by atoms with Crippen LogP contribution in [-0.4, -0.2) is 35.0 Å². The monoisotopic (exact) mass is 306 g/mol. The number of hydrogen-bond acceptors (Lipinski definition) is 4. The molecule has 0 aliphatic carbocycles. The van der Waals surface area contributed by atoms with Crippen molar-refractivity contribution in [3.63, 3.8) is 0 Å². The normalized spacial score (nSPS) is 16.0. The summed E-state index contributed by atoms with van der Waals surface area (Å²) in [4.78, 5) is 17.8. The van der Waals surface area contributed by atoms with Gasteiger partial charge in [-0.2, -0.15) is 0 Å². The van der Waals surface area contributed by atoms with Gasteiger partial charge in [0.2, 0.25) is 0 Å². The highest BCUT2D eigenvalue weighted by molar-refractivity contribution is 6.30. The van der Waals surface area contributed by atoms with Crippen molar-refractivity contribution in [3.05, 3.63) is 47.6 Å². The molecule has 110 valence electrons. The number of rotatable bonds is 3. The summed E-state index contributed by atoms with van der Waals surface area (Å²) in [5.74, 6) is 0.717. The Bertz CT molecular complexity index is 590. The lowest BCUT2D eigenvalue weighted by molar-refractivity contribution is 0.0590. The number of piperidine rings is 1. The van der Waals surface area contributed by atoms with E-state index in [1.807, 2.05) is 12.1 Å². The maximum Gasteiger partial charge on any atom is 0.275 e. The zero-order chi connectivity index (χ0) is 14.7. The topological polar surface area (TPSA) is 55.6 Å². The van der Waals surface area contributed by atoms with E-state index in [-0.39, 0.29) is 12.0 Å². The van der Waals surface area contributed by atoms with Crippen molar-refractivity contribution in [2.45, 2.75) is 18.9 Å². The molecule has 1 saturated heterocycles. The summed E-state index contributed by atoms with van der Waals surface area (Å²) in [7, 11) is 0. The molecule has 1 fully saturated rings. The van der Waals surface area contributed by atoms with E-state index < -0.39 is 0 Å². The number of carbonyl (C=O) groups excluding carboxylic acids is 1. The predicted octanol–water partition coefficient (Wildman–Crippen LogP) is 3.01. The van der Waals surface area contributed by atoms with Crippen LogP contribution < -0.4 is 4.74 Å². The van der Waals surface area contributed by atoms with Gasteiger partial charge in [-0.15, -0.1) is 0 Å². The third kappa shape index (κ3) is 3.36. The number of likely N-dealkylation sites (tertiary alicyclic amines) is 1. The van der Waals surface area contributed by atoms with Crippen LogP contribution in [0.1, 0.15) is 23.3 Å². The highest BCUT2D eigenvalue weighted by atomic mass is 35.5. The van der Waals surface area contributed by atoms with Gasteiger partial charge in [0.05, 0.1) is 0 Å². The third-order valence-corrected chi connectivity index (χ3v) is 3.75. The number of aromatic nitrogens is 1. The SMILES string of the molecule is O=C(c1cocn1)N1CCC(Oc2ccc(Cl)cc2)CC1. The number of oxazole rings is 1. The molecular weight excluding hydrogens is 292 g/mol. The third-order valence-electron chi connectivity index (χ3n) is 3.50. The van der Waals surface area contributed by atoms with Crippen LogP contribution in [-0.2, 0) is 0 Å². The molecule has 0 saturated carbocycles. The Labute approximate surface area is 127 Å². The minimum absolute atomic E-state index is 0.0892. The number of ether oxygens (including phenoxy) is 1. The van der Waals surface area contributed by atoms with Crippen LogP contribution in [0, 0.1) is 0 Å². The number of halogens is 1. The van der Waals surface area contributed by atoms with Crippen molar-refractivity contribution >= 4 is 17.5 Å². The predicted molar refractivity (Wildman–Crippen MR) is 77.5 cm³/mol. The summed E-state index contributed by atoms with van der Waals surface area (Å²) in [5, 5.41) is 0.690. The van der Waals surface area contributed by atoms with E-state index in [0.29, 0.717) is 23.8 Å². The first kappa shape index (κ1) is 13.9. The lowest BCUT2D eigenvalue weighted by atomic mass is 10.1. The molecule has 0 N–H and O–H groups in total. The second-order valence-corrected chi connectivity index (χ2v) is 5.37. The molecule has 0 atom stereocenters. The lowest BCUT2D eigenvalue weighted by Gasteiger charge is -2.31. The fourth-order valence-corrected chi connectivity index (χ4v) is 2.49. The molecule has 3 rings (SSSR count). The average Bonchev–Trinajstić information content (AvgIpc) is 3.04. The van der Waals surface area contributed by atoms with Gasteiger partial charge in [-0.1, -0.05) is 11.6 Å². The zero-order valence-corrected chi connectivity index (χ0v) is 12.1. The summed E-state index contributed by atoms with van der Waals surface area (Å²) >= 11 is 5.84. The standard InChI is InChI=1S/C15H15ClN2O3/c16-11-1-3-12(4-2-11)21-13-5-7-18(8-6-13)15(19)14-9-20-10-17-14/h1-4,9-10,13H,5-8H2. The number of hydrogen-bond donors (Lipinski definition) is 0. The van der Waals surface area contributed by atoms with Gasteiger partial charge in [0, 0.05) is 31.0 Å². The summed E-state index contributed by atoms with van der Waals surface area (Å²) in [6.07, 6.45) is 4.35.